The van der Waals surface area contributed by atoms with Gasteiger partial charge in [0.15, 0.2) is 0 Å². The van der Waals surface area contributed by atoms with Crippen LogP contribution in [-0.4, -0.2) is 22.4 Å². The summed E-state index contributed by atoms with van der Waals surface area (Å²) in [6.07, 6.45) is 1.69. The minimum atomic E-state index is -0.124. The zero-order valence-electron chi connectivity index (χ0n) is 16.2. The molecule has 0 saturated heterocycles. The first-order valence-electron chi connectivity index (χ1n) is 9.03. The highest BCUT2D eigenvalue weighted by molar-refractivity contribution is 9.10. The molecule has 0 atom stereocenters. The molecule has 0 fully saturated rings. The second-order valence-corrected chi connectivity index (χ2v) is 8.89. The molecule has 1 aromatic heterocycles. The van der Waals surface area contributed by atoms with Crippen molar-refractivity contribution in [2.24, 2.45) is 5.10 Å². The third-order valence-corrected chi connectivity index (χ3v) is 6.09. The average Bonchev–Trinajstić information content (AvgIpc) is 2.97. The minimum absolute atomic E-state index is 0.124. The first kappa shape index (κ1) is 21.7. The van der Waals surface area contributed by atoms with Gasteiger partial charge >= 0.3 is 0 Å². The number of aryl methyl sites for hydroxylation is 1. The van der Waals surface area contributed by atoms with E-state index in [-0.39, 0.29) is 5.91 Å². The van der Waals surface area contributed by atoms with E-state index in [1.807, 2.05) is 43.3 Å². The van der Waals surface area contributed by atoms with Crippen molar-refractivity contribution in [2.45, 2.75) is 19.6 Å². The maximum Gasteiger partial charge on any atom is 0.250 e. The van der Waals surface area contributed by atoms with Crippen LogP contribution in [0, 0.1) is 13.8 Å². The number of hydrogen-bond donors (Lipinski definition) is 1. The number of hydrazone groups is 1. The molecule has 0 spiro atoms. The van der Waals surface area contributed by atoms with Crippen LogP contribution >= 0.6 is 39.3 Å². The number of thioether (sulfide) groups is 1. The van der Waals surface area contributed by atoms with E-state index in [1.54, 1.807) is 6.21 Å². The normalized spacial score (nSPS) is 11.2. The highest BCUT2D eigenvalue weighted by Crippen LogP contribution is 2.22. The topological polar surface area (TPSA) is 46.4 Å². The SMILES string of the molecule is Cc1cc(/C=N/NC(=O)CSCc2ccc(Cl)cc2)c(C)n1-c1cccc(Br)c1. The maximum atomic E-state index is 12.0. The molecule has 150 valence electrons. The molecule has 3 aromatic rings. The largest absolute Gasteiger partial charge is 0.318 e. The van der Waals surface area contributed by atoms with Crippen molar-refractivity contribution in [3.63, 3.8) is 0 Å². The Bertz CT molecular complexity index is 1030. The maximum absolute atomic E-state index is 12.0. The van der Waals surface area contributed by atoms with Crippen molar-refractivity contribution >= 4 is 51.4 Å². The number of nitrogens with one attached hydrogen (secondary N) is 1. The first-order chi connectivity index (χ1) is 13.9. The van der Waals surface area contributed by atoms with Crippen LogP contribution < -0.4 is 5.43 Å². The van der Waals surface area contributed by atoms with Crippen molar-refractivity contribution in [3.8, 4) is 5.69 Å². The Hall–Kier alpha value is -2.02. The summed E-state index contributed by atoms with van der Waals surface area (Å²) in [5, 5.41) is 4.84. The smallest absolute Gasteiger partial charge is 0.250 e. The molecule has 0 aliphatic carbocycles. The van der Waals surface area contributed by atoms with Gasteiger partial charge in [-0.2, -0.15) is 5.10 Å². The number of hydrogen-bond acceptors (Lipinski definition) is 3. The Balaban J connectivity index is 1.55. The summed E-state index contributed by atoms with van der Waals surface area (Å²) in [5.41, 5.74) is 7.96. The number of halogens is 2. The van der Waals surface area contributed by atoms with Crippen molar-refractivity contribution in [1.29, 1.82) is 0 Å². The lowest BCUT2D eigenvalue weighted by molar-refractivity contribution is -0.118. The molecule has 4 nitrogen and oxygen atoms in total. The summed E-state index contributed by atoms with van der Waals surface area (Å²) in [4.78, 5) is 12.0. The molecule has 1 N–H and O–H groups in total. The van der Waals surface area contributed by atoms with Gasteiger partial charge in [-0.15, -0.1) is 11.8 Å². The van der Waals surface area contributed by atoms with Crippen LogP contribution in [0.25, 0.3) is 5.69 Å². The summed E-state index contributed by atoms with van der Waals surface area (Å²) in [6.45, 7) is 4.09. The highest BCUT2D eigenvalue weighted by Gasteiger charge is 2.10. The average molecular weight is 491 g/mol. The molecular formula is C22H21BrClN3OS. The molecule has 0 aliphatic rings. The van der Waals surface area contributed by atoms with Crippen molar-refractivity contribution in [1.82, 2.24) is 9.99 Å². The molecule has 0 bridgehead atoms. The van der Waals surface area contributed by atoms with E-state index in [4.69, 9.17) is 11.6 Å². The van der Waals surface area contributed by atoms with Crippen LogP contribution in [-0.2, 0) is 10.5 Å². The fourth-order valence-corrected chi connectivity index (χ4v) is 4.27. The highest BCUT2D eigenvalue weighted by atomic mass is 79.9. The van der Waals surface area contributed by atoms with Gasteiger partial charge in [-0.3, -0.25) is 4.79 Å². The Morgan fingerprint density at radius 1 is 1.21 bits per heavy atom. The van der Waals surface area contributed by atoms with Gasteiger partial charge in [0.25, 0.3) is 0 Å². The number of carbonyl (C=O) groups excluding carboxylic acids is 1. The summed E-state index contributed by atoms with van der Waals surface area (Å²) in [5.74, 6) is 0.972. The van der Waals surface area contributed by atoms with Gasteiger partial charge in [-0.05, 0) is 55.8 Å². The van der Waals surface area contributed by atoms with E-state index >= 15 is 0 Å². The van der Waals surface area contributed by atoms with Crippen LogP contribution in [0.1, 0.15) is 22.5 Å². The molecule has 3 rings (SSSR count). The van der Waals surface area contributed by atoms with Crippen molar-refractivity contribution in [2.75, 3.05) is 5.75 Å². The van der Waals surface area contributed by atoms with E-state index in [0.717, 1.165) is 38.4 Å². The van der Waals surface area contributed by atoms with Crippen molar-refractivity contribution < 1.29 is 4.79 Å². The van der Waals surface area contributed by atoms with Crippen LogP contribution in [0.3, 0.4) is 0 Å². The summed E-state index contributed by atoms with van der Waals surface area (Å²) in [7, 11) is 0. The predicted octanol–water partition coefficient (Wildman–Crippen LogP) is 5.89. The lowest BCUT2D eigenvalue weighted by Crippen LogP contribution is -2.19. The van der Waals surface area contributed by atoms with Gasteiger partial charge in [0.05, 0.1) is 12.0 Å². The first-order valence-corrected chi connectivity index (χ1v) is 11.4. The third kappa shape index (κ3) is 5.98. The Morgan fingerprint density at radius 3 is 2.69 bits per heavy atom. The lowest BCUT2D eigenvalue weighted by atomic mass is 10.2. The molecule has 0 aliphatic heterocycles. The van der Waals surface area contributed by atoms with Gasteiger partial charge in [-0.25, -0.2) is 5.43 Å². The third-order valence-electron chi connectivity index (χ3n) is 4.34. The van der Waals surface area contributed by atoms with E-state index in [9.17, 15) is 4.79 Å². The number of carbonyl (C=O) groups is 1. The Kier molecular flexibility index (Phi) is 7.58. The Morgan fingerprint density at radius 2 is 1.97 bits per heavy atom. The Labute approximate surface area is 188 Å². The molecule has 29 heavy (non-hydrogen) atoms. The molecule has 0 radical (unpaired) electrons. The summed E-state index contributed by atoms with van der Waals surface area (Å²) < 4.78 is 3.19. The van der Waals surface area contributed by atoms with Crippen LogP contribution in [0.2, 0.25) is 5.02 Å². The second-order valence-electron chi connectivity index (χ2n) is 6.55. The van der Waals surface area contributed by atoms with Crippen LogP contribution in [0.4, 0.5) is 0 Å². The number of rotatable bonds is 7. The molecular weight excluding hydrogens is 470 g/mol. The molecule has 1 amide bonds. The predicted molar refractivity (Wildman–Crippen MR) is 126 cm³/mol. The lowest BCUT2D eigenvalue weighted by Gasteiger charge is -2.09. The monoisotopic (exact) mass is 489 g/mol. The van der Waals surface area contributed by atoms with E-state index in [0.29, 0.717) is 10.8 Å². The summed E-state index contributed by atoms with van der Waals surface area (Å²) in [6, 6.07) is 17.8. The minimum Gasteiger partial charge on any atom is -0.318 e. The number of nitrogens with zero attached hydrogens (tertiary/aromatic N) is 2. The standard InChI is InChI=1S/C22H21BrClN3OS/c1-15-10-18(16(2)27(15)21-5-3-4-19(23)11-21)12-25-26-22(28)14-29-13-17-6-8-20(24)9-7-17/h3-12H,13-14H2,1-2H3,(H,26,28)/b25-12+. The summed E-state index contributed by atoms with van der Waals surface area (Å²) >= 11 is 10.9. The van der Waals surface area contributed by atoms with E-state index in [1.165, 1.54) is 11.8 Å². The van der Waals surface area contributed by atoms with E-state index < -0.39 is 0 Å². The zero-order valence-corrected chi connectivity index (χ0v) is 19.3. The van der Waals surface area contributed by atoms with Gasteiger partial charge in [-0.1, -0.05) is 45.7 Å². The molecule has 1 heterocycles. The fraction of sp³-hybridized carbons (Fsp3) is 0.182. The number of aromatic nitrogens is 1. The number of amides is 1. The van der Waals surface area contributed by atoms with Gasteiger partial charge in [0.2, 0.25) is 5.91 Å². The zero-order chi connectivity index (χ0) is 20.8. The van der Waals surface area contributed by atoms with Crippen LogP contribution in [0.15, 0.2) is 64.2 Å². The molecule has 2 aromatic carbocycles. The molecule has 7 heteroatoms. The van der Waals surface area contributed by atoms with Gasteiger partial charge in [0.1, 0.15) is 0 Å². The fourth-order valence-electron chi connectivity index (χ4n) is 2.98. The molecule has 0 unspecified atom stereocenters. The number of benzene rings is 2. The van der Waals surface area contributed by atoms with Crippen molar-refractivity contribution in [3.05, 3.63) is 86.6 Å². The van der Waals surface area contributed by atoms with Gasteiger partial charge < -0.3 is 4.57 Å². The van der Waals surface area contributed by atoms with Crippen LogP contribution in [0.5, 0.6) is 0 Å². The van der Waals surface area contributed by atoms with E-state index in [2.05, 4.69) is 56.1 Å². The van der Waals surface area contributed by atoms with Gasteiger partial charge in [0, 0.05) is 37.9 Å². The molecule has 0 saturated carbocycles. The second kappa shape index (κ2) is 10.1. The quantitative estimate of drug-likeness (QED) is 0.331.